The van der Waals surface area contributed by atoms with Gasteiger partial charge in [-0.1, -0.05) is 18.2 Å². The molecule has 0 bridgehead atoms. The highest BCUT2D eigenvalue weighted by molar-refractivity contribution is 5.96. The van der Waals surface area contributed by atoms with Crippen molar-refractivity contribution in [3.63, 3.8) is 0 Å². The Balaban J connectivity index is 1.57. The van der Waals surface area contributed by atoms with Gasteiger partial charge in [-0.05, 0) is 32.0 Å². The highest BCUT2D eigenvalue weighted by atomic mass is 16.5. The molecule has 1 aliphatic rings. The number of hydrogen-bond donors (Lipinski definition) is 1. The molecule has 0 unspecified atom stereocenters. The van der Waals surface area contributed by atoms with Crippen molar-refractivity contribution in [2.45, 2.75) is 26.4 Å². The number of esters is 1. The molecule has 0 radical (unpaired) electrons. The minimum atomic E-state index is -0.637. The number of nitrogens with one attached hydrogen (secondary N) is 1. The van der Waals surface area contributed by atoms with Crippen LogP contribution in [0.5, 0.6) is 11.5 Å². The fraction of sp³-hybridized carbons (Fsp3) is 0.348. The molecule has 2 aromatic rings. The normalized spacial score (nSPS) is 14.4. The Hall–Kier alpha value is -3.55. The van der Waals surface area contributed by atoms with Crippen molar-refractivity contribution in [2.75, 3.05) is 32.1 Å². The van der Waals surface area contributed by atoms with Crippen LogP contribution < -0.4 is 14.8 Å². The van der Waals surface area contributed by atoms with E-state index in [1.54, 1.807) is 42.5 Å². The average Bonchev–Trinajstić information content (AvgIpc) is 3.06. The third-order valence-corrected chi connectivity index (χ3v) is 4.77. The number of fused-ring (bicyclic) bond motifs is 1. The lowest BCUT2D eigenvalue weighted by atomic mass is 10.0. The molecule has 8 heteroatoms. The van der Waals surface area contributed by atoms with E-state index in [0.717, 1.165) is 0 Å². The van der Waals surface area contributed by atoms with E-state index in [9.17, 15) is 14.4 Å². The van der Waals surface area contributed by atoms with Gasteiger partial charge in [0, 0.05) is 24.4 Å². The molecule has 1 atom stereocenters. The minimum Gasteiger partial charge on any atom is -0.490 e. The van der Waals surface area contributed by atoms with E-state index in [0.29, 0.717) is 41.5 Å². The smallest absolute Gasteiger partial charge is 0.339 e. The van der Waals surface area contributed by atoms with Gasteiger partial charge in [0.05, 0.1) is 31.7 Å². The first kappa shape index (κ1) is 22.1. The summed E-state index contributed by atoms with van der Waals surface area (Å²) in [4.78, 5) is 38.2. The molecule has 0 spiro atoms. The zero-order chi connectivity index (χ0) is 22.4. The number of rotatable bonds is 9. The number of cyclic esters (lactones) is 1. The topological polar surface area (TPSA) is 94.2 Å². The van der Waals surface area contributed by atoms with E-state index in [1.165, 1.54) is 11.9 Å². The van der Waals surface area contributed by atoms with Gasteiger partial charge in [0.1, 0.15) is 6.10 Å². The Labute approximate surface area is 181 Å². The van der Waals surface area contributed by atoms with Crippen molar-refractivity contribution in [1.82, 2.24) is 4.90 Å². The molecule has 0 aromatic heterocycles. The molecule has 1 heterocycles. The third kappa shape index (κ3) is 5.33. The van der Waals surface area contributed by atoms with E-state index in [-0.39, 0.29) is 24.8 Å². The zero-order valence-electron chi connectivity index (χ0n) is 17.8. The van der Waals surface area contributed by atoms with Gasteiger partial charge in [-0.2, -0.15) is 0 Å². The van der Waals surface area contributed by atoms with Gasteiger partial charge in [-0.3, -0.25) is 9.59 Å². The second kappa shape index (κ2) is 9.97. The van der Waals surface area contributed by atoms with Gasteiger partial charge >= 0.3 is 5.97 Å². The highest BCUT2D eigenvalue weighted by Crippen LogP contribution is 2.33. The third-order valence-electron chi connectivity index (χ3n) is 4.77. The average molecular weight is 426 g/mol. The second-order valence-electron chi connectivity index (χ2n) is 7.01. The lowest BCUT2D eigenvalue weighted by Crippen LogP contribution is -2.35. The van der Waals surface area contributed by atoms with Gasteiger partial charge in [0.25, 0.3) is 0 Å². The summed E-state index contributed by atoms with van der Waals surface area (Å²) in [5, 5.41) is 2.76. The summed E-state index contributed by atoms with van der Waals surface area (Å²) in [7, 11) is 1.54. The Kier molecular flexibility index (Phi) is 7.12. The maximum atomic E-state index is 12.6. The molecule has 1 aliphatic heterocycles. The molecule has 164 valence electrons. The summed E-state index contributed by atoms with van der Waals surface area (Å²) >= 11 is 0. The largest absolute Gasteiger partial charge is 0.490 e. The van der Waals surface area contributed by atoms with Crippen LogP contribution in [0.4, 0.5) is 5.69 Å². The van der Waals surface area contributed by atoms with Gasteiger partial charge in [0.2, 0.25) is 11.8 Å². The molecule has 2 aromatic carbocycles. The van der Waals surface area contributed by atoms with Crippen molar-refractivity contribution in [1.29, 1.82) is 0 Å². The van der Waals surface area contributed by atoms with Crippen molar-refractivity contribution < 1.29 is 28.6 Å². The maximum absolute atomic E-state index is 12.6. The van der Waals surface area contributed by atoms with Crippen LogP contribution in [0.1, 0.15) is 42.3 Å². The van der Waals surface area contributed by atoms with Crippen LogP contribution in [0.15, 0.2) is 42.5 Å². The van der Waals surface area contributed by atoms with Crippen LogP contribution in [-0.2, 0) is 14.3 Å². The molecule has 3 rings (SSSR count). The number of nitrogens with zero attached hydrogens (tertiary/aromatic N) is 1. The van der Waals surface area contributed by atoms with Gasteiger partial charge < -0.3 is 24.4 Å². The van der Waals surface area contributed by atoms with E-state index in [1.807, 2.05) is 13.8 Å². The number of ether oxygens (including phenoxy) is 3. The fourth-order valence-electron chi connectivity index (χ4n) is 3.32. The van der Waals surface area contributed by atoms with Crippen molar-refractivity contribution >= 4 is 23.5 Å². The van der Waals surface area contributed by atoms with Crippen LogP contribution in [0.2, 0.25) is 0 Å². The SMILES string of the molecule is CCOc1ccc(NC(=O)CN(C)C(=O)C[C@@H]2OC(=O)c3ccccc32)cc1OCC. The minimum absolute atomic E-state index is 0.0237. The molecule has 0 saturated heterocycles. The Morgan fingerprint density at radius 3 is 2.52 bits per heavy atom. The molecule has 0 saturated carbocycles. The molecule has 1 N–H and O–H groups in total. The predicted octanol–water partition coefficient (Wildman–Crippen LogP) is 3.18. The number of anilines is 1. The number of benzene rings is 2. The molecule has 2 amide bonds. The molecule has 8 nitrogen and oxygen atoms in total. The Morgan fingerprint density at radius 1 is 1.06 bits per heavy atom. The predicted molar refractivity (Wildman–Crippen MR) is 114 cm³/mol. The zero-order valence-corrected chi connectivity index (χ0v) is 17.8. The number of hydrogen-bond acceptors (Lipinski definition) is 6. The lowest BCUT2D eigenvalue weighted by molar-refractivity contribution is -0.135. The van der Waals surface area contributed by atoms with E-state index < -0.39 is 12.1 Å². The number of carbonyl (C=O) groups is 3. The summed E-state index contributed by atoms with van der Waals surface area (Å²) < 4.78 is 16.4. The summed E-state index contributed by atoms with van der Waals surface area (Å²) in [6, 6.07) is 12.1. The van der Waals surface area contributed by atoms with Crippen molar-refractivity contribution in [3.8, 4) is 11.5 Å². The molecule has 31 heavy (non-hydrogen) atoms. The van der Waals surface area contributed by atoms with Crippen LogP contribution in [0, 0.1) is 0 Å². The monoisotopic (exact) mass is 426 g/mol. The number of carbonyl (C=O) groups excluding carboxylic acids is 3. The molecule has 0 aliphatic carbocycles. The van der Waals surface area contributed by atoms with Crippen LogP contribution in [-0.4, -0.2) is 49.5 Å². The summed E-state index contributed by atoms with van der Waals surface area (Å²) in [6.45, 7) is 4.56. The fourth-order valence-corrected chi connectivity index (χ4v) is 3.32. The van der Waals surface area contributed by atoms with Crippen molar-refractivity contribution in [2.24, 2.45) is 0 Å². The van der Waals surface area contributed by atoms with E-state index in [2.05, 4.69) is 5.32 Å². The maximum Gasteiger partial charge on any atom is 0.339 e. The highest BCUT2D eigenvalue weighted by Gasteiger charge is 2.33. The van der Waals surface area contributed by atoms with Crippen LogP contribution in [0.25, 0.3) is 0 Å². The summed E-state index contributed by atoms with van der Waals surface area (Å²) in [5.41, 5.74) is 1.70. The van der Waals surface area contributed by atoms with Gasteiger partial charge in [0.15, 0.2) is 11.5 Å². The lowest BCUT2D eigenvalue weighted by Gasteiger charge is -2.19. The van der Waals surface area contributed by atoms with Crippen LogP contribution in [0.3, 0.4) is 0 Å². The quantitative estimate of drug-likeness (QED) is 0.619. The Morgan fingerprint density at radius 2 is 1.77 bits per heavy atom. The Bertz CT molecular complexity index is 974. The summed E-state index contributed by atoms with van der Waals surface area (Å²) in [6.07, 6.45) is -0.661. The van der Waals surface area contributed by atoms with Crippen molar-refractivity contribution in [3.05, 3.63) is 53.6 Å². The number of likely N-dealkylation sites (N-methyl/N-ethyl adjacent to an activating group) is 1. The molecule has 0 fully saturated rings. The molecular formula is C23H26N2O6. The summed E-state index contributed by atoms with van der Waals surface area (Å²) in [5.74, 6) is 0.0429. The van der Waals surface area contributed by atoms with Gasteiger partial charge in [-0.25, -0.2) is 4.79 Å². The first-order valence-corrected chi connectivity index (χ1v) is 10.2. The van der Waals surface area contributed by atoms with E-state index in [4.69, 9.17) is 14.2 Å². The van der Waals surface area contributed by atoms with Gasteiger partial charge in [-0.15, -0.1) is 0 Å². The first-order valence-electron chi connectivity index (χ1n) is 10.2. The van der Waals surface area contributed by atoms with E-state index >= 15 is 0 Å². The van der Waals surface area contributed by atoms with Crippen LogP contribution >= 0.6 is 0 Å². The standard InChI is InChI=1S/C23H26N2O6/c1-4-29-18-11-10-15(12-20(18)30-5-2)24-21(26)14-25(3)22(27)13-19-16-8-6-7-9-17(16)23(28)31-19/h6-12,19H,4-5,13-14H2,1-3H3,(H,24,26)/t19-/m0/s1. The molecular weight excluding hydrogens is 400 g/mol. The second-order valence-corrected chi connectivity index (χ2v) is 7.01. The number of amides is 2. The first-order chi connectivity index (χ1) is 14.9.